The van der Waals surface area contributed by atoms with Crippen molar-refractivity contribution < 1.29 is 42.9 Å². The Balaban J connectivity index is 2.55. The molecule has 1 aliphatic heterocycles. The van der Waals surface area contributed by atoms with Crippen molar-refractivity contribution in [1.82, 2.24) is 5.32 Å². The predicted molar refractivity (Wildman–Crippen MR) is 150 cm³/mol. The SMILES string of the molecule is CCCCCCCCCCCCCCCCO[C@H]1O[C@@H](COC(C)=O)[C@H](OC(C)=O)[C@@H](OC(C)=O)[C@@H]1NC(C)=O. The van der Waals surface area contributed by atoms with Gasteiger partial charge in [0.1, 0.15) is 18.8 Å². The molecule has 1 aliphatic rings. The first-order valence-corrected chi connectivity index (χ1v) is 15.2. The summed E-state index contributed by atoms with van der Waals surface area (Å²) in [5.74, 6) is -2.20. The average Bonchev–Trinajstić information content (AvgIpc) is 2.87. The summed E-state index contributed by atoms with van der Waals surface area (Å²) in [4.78, 5) is 47.2. The highest BCUT2D eigenvalue weighted by Gasteiger charge is 2.51. The molecule has 0 spiro atoms. The van der Waals surface area contributed by atoms with Gasteiger partial charge in [0.25, 0.3) is 0 Å². The molecule has 0 unspecified atom stereocenters. The third kappa shape index (κ3) is 16.2. The fourth-order valence-electron chi connectivity index (χ4n) is 4.93. The molecule has 10 heteroatoms. The zero-order valence-corrected chi connectivity index (χ0v) is 25.4. The maximum Gasteiger partial charge on any atom is 0.303 e. The molecule has 1 N–H and O–H groups in total. The molecule has 40 heavy (non-hydrogen) atoms. The molecule has 0 saturated carbocycles. The van der Waals surface area contributed by atoms with Gasteiger partial charge in [-0.2, -0.15) is 0 Å². The molecule has 0 aromatic heterocycles. The molecule has 0 aromatic rings. The predicted octanol–water partition coefficient (Wildman–Crippen LogP) is 5.14. The average molecular weight is 572 g/mol. The molecule has 232 valence electrons. The Kier molecular flexibility index (Phi) is 19.3. The van der Waals surface area contributed by atoms with E-state index in [1.165, 1.54) is 98.3 Å². The molecule has 0 bridgehead atoms. The highest BCUT2D eigenvalue weighted by molar-refractivity contribution is 5.73. The number of esters is 3. The smallest absolute Gasteiger partial charge is 0.303 e. The van der Waals surface area contributed by atoms with E-state index in [0.717, 1.165) is 19.3 Å². The van der Waals surface area contributed by atoms with Gasteiger partial charge in [-0.05, 0) is 6.42 Å². The van der Waals surface area contributed by atoms with Crippen molar-refractivity contribution in [2.45, 2.75) is 155 Å². The van der Waals surface area contributed by atoms with Crippen LogP contribution in [0.2, 0.25) is 0 Å². The van der Waals surface area contributed by atoms with Crippen molar-refractivity contribution in [2.24, 2.45) is 0 Å². The van der Waals surface area contributed by atoms with Gasteiger partial charge in [-0.1, -0.05) is 90.4 Å². The monoisotopic (exact) mass is 571 g/mol. The number of hydrogen-bond acceptors (Lipinski definition) is 9. The second kappa shape index (κ2) is 21.5. The maximum absolute atomic E-state index is 12.0. The van der Waals surface area contributed by atoms with Gasteiger partial charge in [0.2, 0.25) is 5.91 Å². The van der Waals surface area contributed by atoms with Crippen LogP contribution in [0.15, 0.2) is 0 Å². The minimum absolute atomic E-state index is 0.240. The summed E-state index contributed by atoms with van der Waals surface area (Å²) >= 11 is 0. The molecular formula is C30H53NO9. The molecule has 1 rings (SSSR count). The molecule has 10 nitrogen and oxygen atoms in total. The fourth-order valence-corrected chi connectivity index (χ4v) is 4.93. The van der Waals surface area contributed by atoms with Crippen molar-refractivity contribution in [3.8, 4) is 0 Å². The van der Waals surface area contributed by atoms with E-state index in [-0.39, 0.29) is 6.61 Å². The summed E-state index contributed by atoms with van der Waals surface area (Å²) in [7, 11) is 0. The Labute approximate surface area is 240 Å². The van der Waals surface area contributed by atoms with Crippen LogP contribution < -0.4 is 5.32 Å². The third-order valence-corrected chi connectivity index (χ3v) is 6.85. The number of carbonyl (C=O) groups is 4. The van der Waals surface area contributed by atoms with Crippen LogP contribution in [0.25, 0.3) is 0 Å². The van der Waals surface area contributed by atoms with Crippen LogP contribution in [-0.4, -0.2) is 67.7 Å². The zero-order valence-electron chi connectivity index (χ0n) is 25.4. The summed E-state index contributed by atoms with van der Waals surface area (Å²) < 4.78 is 28.0. The first kappa shape index (κ1) is 35.8. The lowest BCUT2D eigenvalue weighted by Gasteiger charge is -2.44. The standard InChI is InChI=1S/C30H53NO9/c1-6-7-8-9-10-11-12-13-14-15-16-17-18-19-20-36-30-27(31-22(2)32)29(39-25(5)35)28(38-24(4)34)26(40-30)21-37-23(3)33/h26-30H,6-21H2,1-5H3,(H,31,32)/t26-,27-,28-,29-,30-/m0/s1. The van der Waals surface area contributed by atoms with Crippen molar-refractivity contribution in [2.75, 3.05) is 13.2 Å². The van der Waals surface area contributed by atoms with E-state index in [1.54, 1.807) is 0 Å². The van der Waals surface area contributed by atoms with E-state index >= 15 is 0 Å². The highest BCUT2D eigenvalue weighted by atomic mass is 16.7. The molecule has 0 aromatic carbocycles. The van der Waals surface area contributed by atoms with E-state index in [4.69, 9.17) is 23.7 Å². The number of hydrogen-bond donors (Lipinski definition) is 1. The summed E-state index contributed by atoms with van der Waals surface area (Å²) in [6.45, 7) is 7.37. The number of amides is 1. The maximum atomic E-state index is 12.0. The van der Waals surface area contributed by atoms with Crippen molar-refractivity contribution >= 4 is 23.8 Å². The normalized spacial score (nSPS) is 22.4. The molecule has 1 heterocycles. The summed E-state index contributed by atoms with van der Waals surface area (Å²) in [5.41, 5.74) is 0. The number of ether oxygens (including phenoxy) is 5. The second-order valence-corrected chi connectivity index (χ2v) is 10.7. The number of unbranched alkanes of at least 4 members (excludes halogenated alkanes) is 13. The van der Waals surface area contributed by atoms with E-state index in [0.29, 0.717) is 6.61 Å². The molecule has 1 amide bonds. The Morgan fingerprint density at radius 3 is 1.57 bits per heavy atom. The van der Waals surface area contributed by atoms with Gasteiger partial charge in [-0.15, -0.1) is 0 Å². The zero-order chi connectivity index (χ0) is 29.8. The molecular weight excluding hydrogens is 518 g/mol. The summed E-state index contributed by atoms with van der Waals surface area (Å²) in [5, 5.41) is 2.71. The Bertz CT molecular complexity index is 745. The molecule has 1 saturated heterocycles. The largest absolute Gasteiger partial charge is 0.463 e. The van der Waals surface area contributed by atoms with Crippen molar-refractivity contribution in [3.05, 3.63) is 0 Å². The second-order valence-electron chi connectivity index (χ2n) is 10.7. The van der Waals surface area contributed by atoms with Crippen LogP contribution in [0.3, 0.4) is 0 Å². The highest BCUT2D eigenvalue weighted by Crippen LogP contribution is 2.28. The Morgan fingerprint density at radius 2 is 1.12 bits per heavy atom. The van der Waals surface area contributed by atoms with Gasteiger partial charge < -0.3 is 29.0 Å². The van der Waals surface area contributed by atoms with Gasteiger partial charge in [0.15, 0.2) is 18.5 Å². The van der Waals surface area contributed by atoms with E-state index in [9.17, 15) is 19.2 Å². The molecule has 1 fully saturated rings. The van der Waals surface area contributed by atoms with Gasteiger partial charge >= 0.3 is 17.9 Å². The lowest BCUT2D eigenvalue weighted by atomic mass is 9.96. The first-order valence-electron chi connectivity index (χ1n) is 15.2. The summed E-state index contributed by atoms with van der Waals surface area (Å²) in [6, 6.07) is -0.925. The number of nitrogens with one attached hydrogen (secondary N) is 1. The lowest BCUT2D eigenvalue weighted by Crippen LogP contribution is -2.66. The van der Waals surface area contributed by atoms with Crippen LogP contribution in [0.1, 0.15) is 125 Å². The van der Waals surface area contributed by atoms with Crippen molar-refractivity contribution in [3.63, 3.8) is 0 Å². The van der Waals surface area contributed by atoms with Crippen LogP contribution in [0, 0.1) is 0 Å². The number of rotatable bonds is 21. The lowest BCUT2D eigenvalue weighted by molar-refractivity contribution is -0.277. The fraction of sp³-hybridized carbons (Fsp3) is 0.867. The van der Waals surface area contributed by atoms with Crippen LogP contribution in [0.4, 0.5) is 0 Å². The van der Waals surface area contributed by atoms with E-state index in [1.807, 2.05) is 0 Å². The molecule has 0 radical (unpaired) electrons. The summed E-state index contributed by atoms with van der Waals surface area (Å²) in [6.07, 6.45) is 13.2. The minimum atomic E-state index is -1.11. The van der Waals surface area contributed by atoms with Gasteiger partial charge in [-0.25, -0.2) is 0 Å². The number of carbonyl (C=O) groups excluding carboxylic acids is 4. The van der Waals surface area contributed by atoms with Crippen LogP contribution in [-0.2, 0) is 42.9 Å². The van der Waals surface area contributed by atoms with Gasteiger partial charge in [0.05, 0.1) is 0 Å². The van der Waals surface area contributed by atoms with Crippen molar-refractivity contribution in [1.29, 1.82) is 0 Å². The van der Waals surface area contributed by atoms with Crippen LogP contribution >= 0.6 is 0 Å². The third-order valence-electron chi connectivity index (χ3n) is 6.85. The van der Waals surface area contributed by atoms with Crippen LogP contribution in [0.5, 0.6) is 0 Å². The quantitative estimate of drug-likeness (QED) is 0.113. The Morgan fingerprint density at radius 1 is 0.650 bits per heavy atom. The Hall–Kier alpha value is -2.20. The molecule has 0 aliphatic carbocycles. The first-order chi connectivity index (χ1) is 19.1. The molecule has 5 atom stereocenters. The van der Waals surface area contributed by atoms with Gasteiger partial charge in [-0.3, -0.25) is 19.2 Å². The minimum Gasteiger partial charge on any atom is -0.463 e. The van der Waals surface area contributed by atoms with Gasteiger partial charge in [0, 0.05) is 34.3 Å². The van der Waals surface area contributed by atoms with E-state index in [2.05, 4.69) is 12.2 Å². The van der Waals surface area contributed by atoms with E-state index < -0.39 is 54.5 Å². The topological polar surface area (TPSA) is 126 Å².